The van der Waals surface area contributed by atoms with E-state index >= 15 is 0 Å². The van der Waals surface area contributed by atoms with Crippen molar-refractivity contribution in [2.24, 2.45) is 11.8 Å². The van der Waals surface area contributed by atoms with Gasteiger partial charge in [0.2, 0.25) is 0 Å². The molecular weight excluding hydrogens is 194 g/mol. The Balaban J connectivity index is 1.66. The standard InChI is InChI=1S/C15H29N/c1-2-11-16-15(10-9-13-7-8-13)12-14-5-3-4-6-14/h13-16H,2-12H2,1H3. The Morgan fingerprint density at radius 3 is 2.44 bits per heavy atom. The van der Waals surface area contributed by atoms with E-state index in [0.29, 0.717) is 0 Å². The second-order valence-corrected chi connectivity index (χ2v) is 6.06. The molecule has 0 amide bonds. The molecule has 0 radical (unpaired) electrons. The van der Waals surface area contributed by atoms with Crippen molar-refractivity contribution in [1.82, 2.24) is 5.32 Å². The van der Waals surface area contributed by atoms with Gasteiger partial charge in [-0.2, -0.15) is 0 Å². The van der Waals surface area contributed by atoms with Gasteiger partial charge in [0.25, 0.3) is 0 Å². The maximum Gasteiger partial charge on any atom is 0.00698 e. The van der Waals surface area contributed by atoms with Crippen LogP contribution < -0.4 is 5.32 Å². The van der Waals surface area contributed by atoms with E-state index in [0.717, 1.165) is 17.9 Å². The van der Waals surface area contributed by atoms with Gasteiger partial charge in [-0.05, 0) is 44.1 Å². The first-order valence-corrected chi connectivity index (χ1v) is 7.62. The molecule has 0 aromatic carbocycles. The van der Waals surface area contributed by atoms with Crippen molar-refractivity contribution in [3.63, 3.8) is 0 Å². The van der Waals surface area contributed by atoms with E-state index in [2.05, 4.69) is 12.2 Å². The highest BCUT2D eigenvalue weighted by molar-refractivity contribution is 4.79. The van der Waals surface area contributed by atoms with Gasteiger partial charge in [0.1, 0.15) is 0 Å². The molecule has 1 unspecified atom stereocenters. The molecule has 0 aliphatic heterocycles. The topological polar surface area (TPSA) is 12.0 Å². The number of rotatable bonds is 8. The van der Waals surface area contributed by atoms with Crippen molar-refractivity contribution in [3.05, 3.63) is 0 Å². The summed E-state index contributed by atoms with van der Waals surface area (Å²) in [6.07, 6.45) is 14.7. The van der Waals surface area contributed by atoms with Crippen molar-refractivity contribution >= 4 is 0 Å². The zero-order valence-electron chi connectivity index (χ0n) is 11.0. The minimum Gasteiger partial charge on any atom is -0.314 e. The largest absolute Gasteiger partial charge is 0.314 e. The molecule has 0 spiro atoms. The Morgan fingerprint density at radius 1 is 1.06 bits per heavy atom. The molecule has 0 bridgehead atoms. The first-order chi connectivity index (χ1) is 7.88. The van der Waals surface area contributed by atoms with Gasteiger partial charge >= 0.3 is 0 Å². The fourth-order valence-corrected chi connectivity index (χ4v) is 3.14. The molecule has 2 saturated carbocycles. The maximum atomic E-state index is 3.78. The normalized spacial score (nSPS) is 23.8. The van der Waals surface area contributed by atoms with Gasteiger partial charge in [0.15, 0.2) is 0 Å². The minimum absolute atomic E-state index is 0.837. The Kier molecular flexibility index (Phi) is 5.15. The molecule has 2 rings (SSSR count). The van der Waals surface area contributed by atoms with Crippen molar-refractivity contribution in [2.75, 3.05) is 6.54 Å². The molecule has 0 aromatic heterocycles. The summed E-state index contributed by atoms with van der Waals surface area (Å²) in [5.41, 5.74) is 0. The van der Waals surface area contributed by atoms with E-state index in [-0.39, 0.29) is 0 Å². The molecule has 94 valence electrons. The maximum absolute atomic E-state index is 3.78. The highest BCUT2D eigenvalue weighted by atomic mass is 14.9. The molecule has 16 heavy (non-hydrogen) atoms. The molecule has 1 N–H and O–H groups in total. The summed E-state index contributed by atoms with van der Waals surface area (Å²) >= 11 is 0. The Labute approximate surface area is 101 Å². The van der Waals surface area contributed by atoms with Crippen LogP contribution in [-0.2, 0) is 0 Å². The second-order valence-electron chi connectivity index (χ2n) is 6.06. The molecule has 1 heteroatoms. The van der Waals surface area contributed by atoms with Gasteiger partial charge in [0.05, 0.1) is 0 Å². The molecule has 2 aliphatic rings. The van der Waals surface area contributed by atoms with Crippen LogP contribution in [0.25, 0.3) is 0 Å². The van der Waals surface area contributed by atoms with Crippen LogP contribution in [0.2, 0.25) is 0 Å². The fraction of sp³-hybridized carbons (Fsp3) is 1.00. The lowest BCUT2D eigenvalue weighted by atomic mass is 9.94. The van der Waals surface area contributed by atoms with Crippen molar-refractivity contribution < 1.29 is 0 Å². The molecule has 2 fully saturated rings. The minimum atomic E-state index is 0.837. The first-order valence-electron chi connectivity index (χ1n) is 7.62. The zero-order chi connectivity index (χ0) is 11.2. The van der Waals surface area contributed by atoms with E-state index in [9.17, 15) is 0 Å². The summed E-state index contributed by atoms with van der Waals surface area (Å²) in [6.45, 7) is 3.50. The smallest absolute Gasteiger partial charge is 0.00698 e. The summed E-state index contributed by atoms with van der Waals surface area (Å²) < 4.78 is 0. The van der Waals surface area contributed by atoms with Crippen LogP contribution in [0.1, 0.15) is 71.1 Å². The van der Waals surface area contributed by atoms with Crippen LogP contribution in [-0.4, -0.2) is 12.6 Å². The van der Waals surface area contributed by atoms with Crippen LogP contribution in [0.5, 0.6) is 0 Å². The van der Waals surface area contributed by atoms with Crippen LogP contribution in [0.3, 0.4) is 0 Å². The second kappa shape index (κ2) is 6.64. The van der Waals surface area contributed by atoms with Crippen LogP contribution in [0.4, 0.5) is 0 Å². The van der Waals surface area contributed by atoms with E-state index in [1.807, 2.05) is 0 Å². The summed E-state index contributed by atoms with van der Waals surface area (Å²) in [4.78, 5) is 0. The third kappa shape index (κ3) is 4.45. The van der Waals surface area contributed by atoms with Gasteiger partial charge in [-0.25, -0.2) is 0 Å². The van der Waals surface area contributed by atoms with Crippen LogP contribution in [0.15, 0.2) is 0 Å². The summed E-state index contributed by atoms with van der Waals surface area (Å²) in [5.74, 6) is 2.16. The van der Waals surface area contributed by atoms with Gasteiger partial charge < -0.3 is 5.32 Å². The van der Waals surface area contributed by atoms with Crippen LogP contribution in [0, 0.1) is 11.8 Å². The fourth-order valence-electron chi connectivity index (χ4n) is 3.14. The van der Waals surface area contributed by atoms with E-state index in [1.165, 1.54) is 70.8 Å². The van der Waals surface area contributed by atoms with E-state index < -0.39 is 0 Å². The quantitative estimate of drug-likeness (QED) is 0.652. The Hall–Kier alpha value is -0.0400. The molecule has 1 nitrogen and oxygen atoms in total. The lowest BCUT2D eigenvalue weighted by Gasteiger charge is -2.22. The molecule has 0 aromatic rings. The molecule has 0 heterocycles. The highest BCUT2D eigenvalue weighted by Crippen LogP contribution is 2.35. The van der Waals surface area contributed by atoms with Crippen molar-refractivity contribution in [2.45, 2.75) is 77.2 Å². The van der Waals surface area contributed by atoms with Gasteiger partial charge in [-0.3, -0.25) is 0 Å². The lowest BCUT2D eigenvalue weighted by Crippen LogP contribution is -2.31. The molecule has 0 saturated heterocycles. The Morgan fingerprint density at radius 2 is 1.81 bits per heavy atom. The average Bonchev–Trinajstić information content (AvgIpc) is 2.99. The SMILES string of the molecule is CCCNC(CCC1CC1)CC1CCCC1. The summed E-state index contributed by atoms with van der Waals surface area (Å²) in [6, 6.07) is 0.837. The number of hydrogen-bond donors (Lipinski definition) is 1. The van der Waals surface area contributed by atoms with Crippen molar-refractivity contribution in [1.29, 1.82) is 0 Å². The predicted octanol–water partition coefficient (Wildman–Crippen LogP) is 4.13. The Bertz CT molecular complexity index is 180. The monoisotopic (exact) mass is 223 g/mol. The van der Waals surface area contributed by atoms with Gasteiger partial charge in [-0.1, -0.05) is 45.4 Å². The summed E-state index contributed by atoms with van der Waals surface area (Å²) in [5, 5.41) is 3.78. The third-order valence-electron chi connectivity index (χ3n) is 4.40. The molecule has 1 atom stereocenters. The first kappa shape index (κ1) is 12.4. The summed E-state index contributed by atoms with van der Waals surface area (Å²) in [7, 11) is 0. The predicted molar refractivity (Wildman–Crippen MR) is 70.6 cm³/mol. The van der Waals surface area contributed by atoms with E-state index in [1.54, 1.807) is 0 Å². The van der Waals surface area contributed by atoms with Crippen LogP contribution >= 0.6 is 0 Å². The van der Waals surface area contributed by atoms with Gasteiger partial charge in [-0.15, -0.1) is 0 Å². The van der Waals surface area contributed by atoms with Crippen molar-refractivity contribution in [3.8, 4) is 0 Å². The van der Waals surface area contributed by atoms with Gasteiger partial charge in [0, 0.05) is 6.04 Å². The number of hydrogen-bond acceptors (Lipinski definition) is 1. The zero-order valence-corrected chi connectivity index (χ0v) is 11.0. The molecule has 2 aliphatic carbocycles. The third-order valence-corrected chi connectivity index (χ3v) is 4.40. The molecular formula is C15H29N. The highest BCUT2D eigenvalue weighted by Gasteiger charge is 2.24. The average molecular weight is 223 g/mol. The lowest BCUT2D eigenvalue weighted by molar-refractivity contribution is 0.360. The van der Waals surface area contributed by atoms with E-state index in [4.69, 9.17) is 0 Å². The number of nitrogens with one attached hydrogen (secondary N) is 1.